The summed E-state index contributed by atoms with van der Waals surface area (Å²) in [7, 11) is 0. The average molecular weight is 214 g/mol. The van der Waals surface area contributed by atoms with E-state index >= 15 is 0 Å². The summed E-state index contributed by atoms with van der Waals surface area (Å²) in [5, 5.41) is 2.96. The van der Waals surface area contributed by atoms with E-state index < -0.39 is 6.04 Å². The summed E-state index contributed by atoms with van der Waals surface area (Å²) in [6, 6.07) is -0.333. The molecule has 0 fully saturated rings. The first-order valence-electron chi connectivity index (χ1n) is 5.52. The smallest absolute Gasteiger partial charge is 0.237 e. The van der Waals surface area contributed by atoms with Gasteiger partial charge in [-0.3, -0.25) is 4.79 Å². The highest BCUT2D eigenvalue weighted by molar-refractivity contribution is 5.82. The molecule has 0 aromatic heterocycles. The van der Waals surface area contributed by atoms with E-state index in [9.17, 15) is 4.79 Å². The topological polar surface area (TPSA) is 55.1 Å². The van der Waals surface area contributed by atoms with Gasteiger partial charge in [0.25, 0.3) is 0 Å². The summed E-state index contributed by atoms with van der Waals surface area (Å²) in [4.78, 5) is 11.8. The van der Waals surface area contributed by atoms with Gasteiger partial charge in [0.15, 0.2) is 0 Å². The molecule has 0 bridgehead atoms. The monoisotopic (exact) mass is 214 g/mol. The maximum atomic E-state index is 11.8. The zero-order chi connectivity index (χ0) is 12.4. The van der Waals surface area contributed by atoms with Crippen LogP contribution in [0.3, 0.4) is 0 Å². The van der Waals surface area contributed by atoms with Crippen LogP contribution in [0.5, 0.6) is 0 Å². The largest absolute Gasteiger partial charge is 0.352 e. The van der Waals surface area contributed by atoms with Crippen molar-refractivity contribution < 1.29 is 4.79 Å². The second kappa shape index (κ2) is 4.52. The fourth-order valence-corrected chi connectivity index (χ4v) is 0.913. The van der Waals surface area contributed by atoms with Crippen LogP contribution in [0.15, 0.2) is 0 Å². The van der Waals surface area contributed by atoms with Crippen molar-refractivity contribution in [1.29, 1.82) is 0 Å². The van der Waals surface area contributed by atoms with Gasteiger partial charge in [0.1, 0.15) is 0 Å². The molecule has 3 heteroatoms. The van der Waals surface area contributed by atoms with Gasteiger partial charge in [-0.1, -0.05) is 41.5 Å². The fraction of sp³-hybridized carbons (Fsp3) is 0.917. The average Bonchev–Trinajstić information content (AvgIpc) is 1.99. The minimum Gasteiger partial charge on any atom is -0.352 e. The Balaban J connectivity index is 4.39. The lowest BCUT2D eigenvalue weighted by atomic mass is 9.85. The van der Waals surface area contributed by atoms with E-state index in [1.165, 1.54) is 0 Å². The Morgan fingerprint density at radius 1 is 1.07 bits per heavy atom. The van der Waals surface area contributed by atoms with Crippen LogP contribution in [0.25, 0.3) is 0 Å². The summed E-state index contributed by atoms with van der Waals surface area (Å²) in [6.07, 6.45) is 0. The molecule has 0 aliphatic heterocycles. The Labute approximate surface area is 93.8 Å². The molecule has 0 rings (SSSR count). The molecule has 0 aromatic carbocycles. The van der Waals surface area contributed by atoms with Gasteiger partial charge >= 0.3 is 0 Å². The second-order valence-electron chi connectivity index (χ2n) is 6.44. The number of amides is 1. The molecule has 0 heterocycles. The Hall–Kier alpha value is -0.570. The molecule has 3 N–H and O–H groups in total. The quantitative estimate of drug-likeness (QED) is 0.737. The molecule has 0 aromatic rings. The Morgan fingerprint density at radius 3 is 1.73 bits per heavy atom. The van der Waals surface area contributed by atoms with Crippen LogP contribution in [0.4, 0.5) is 0 Å². The van der Waals surface area contributed by atoms with Crippen LogP contribution in [-0.2, 0) is 4.79 Å². The van der Waals surface area contributed by atoms with Gasteiger partial charge in [-0.15, -0.1) is 0 Å². The van der Waals surface area contributed by atoms with Crippen LogP contribution in [0.2, 0.25) is 0 Å². The van der Waals surface area contributed by atoms with Crippen LogP contribution in [0, 0.1) is 10.8 Å². The van der Waals surface area contributed by atoms with Gasteiger partial charge < -0.3 is 11.1 Å². The van der Waals surface area contributed by atoms with Crippen molar-refractivity contribution in [3.8, 4) is 0 Å². The number of carbonyl (C=O) groups is 1. The summed E-state index contributed by atoms with van der Waals surface area (Å²) in [5.74, 6) is -0.0649. The molecule has 0 spiro atoms. The van der Waals surface area contributed by atoms with Gasteiger partial charge in [-0.2, -0.15) is 0 Å². The molecule has 0 radical (unpaired) electrons. The minimum absolute atomic E-state index is 0.0628. The summed E-state index contributed by atoms with van der Waals surface area (Å²) in [6.45, 7) is 14.2. The van der Waals surface area contributed by atoms with E-state index in [1.54, 1.807) is 0 Å². The van der Waals surface area contributed by atoms with Crippen molar-refractivity contribution >= 4 is 5.91 Å². The zero-order valence-electron chi connectivity index (χ0n) is 11.1. The van der Waals surface area contributed by atoms with Crippen LogP contribution >= 0.6 is 0 Å². The predicted molar refractivity (Wildman–Crippen MR) is 64.5 cm³/mol. The zero-order valence-corrected chi connectivity index (χ0v) is 11.1. The lowest BCUT2D eigenvalue weighted by Gasteiger charge is -2.32. The maximum Gasteiger partial charge on any atom is 0.237 e. The van der Waals surface area contributed by atoms with Crippen molar-refractivity contribution in [2.45, 2.75) is 60.5 Å². The first-order chi connectivity index (χ1) is 6.46. The number of hydrogen-bond acceptors (Lipinski definition) is 2. The molecule has 3 nitrogen and oxygen atoms in total. The molecular weight excluding hydrogens is 188 g/mol. The van der Waals surface area contributed by atoms with Crippen molar-refractivity contribution in [1.82, 2.24) is 5.32 Å². The van der Waals surface area contributed by atoms with E-state index in [0.717, 1.165) is 0 Å². The lowest BCUT2D eigenvalue weighted by Crippen LogP contribution is -2.53. The molecule has 90 valence electrons. The van der Waals surface area contributed by atoms with Crippen molar-refractivity contribution in [3.05, 3.63) is 0 Å². The van der Waals surface area contributed by atoms with Gasteiger partial charge in [-0.25, -0.2) is 0 Å². The molecule has 2 unspecified atom stereocenters. The third-order valence-electron chi connectivity index (χ3n) is 2.87. The van der Waals surface area contributed by atoms with E-state index in [1.807, 2.05) is 27.7 Å². The van der Waals surface area contributed by atoms with Gasteiger partial charge in [-0.05, 0) is 17.8 Å². The van der Waals surface area contributed by atoms with Crippen LogP contribution in [0.1, 0.15) is 48.5 Å². The molecular formula is C12H26N2O. The van der Waals surface area contributed by atoms with Crippen LogP contribution < -0.4 is 11.1 Å². The van der Waals surface area contributed by atoms with E-state index in [-0.39, 0.29) is 22.8 Å². The second-order valence-corrected chi connectivity index (χ2v) is 6.44. The van der Waals surface area contributed by atoms with Crippen molar-refractivity contribution in [2.24, 2.45) is 16.6 Å². The molecule has 2 atom stereocenters. The highest BCUT2D eigenvalue weighted by atomic mass is 16.2. The Morgan fingerprint density at radius 2 is 1.47 bits per heavy atom. The number of carbonyl (C=O) groups excluding carboxylic acids is 1. The Kier molecular flexibility index (Phi) is 4.35. The van der Waals surface area contributed by atoms with Crippen LogP contribution in [-0.4, -0.2) is 18.0 Å². The molecule has 0 aliphatic rings. The minimum atomic E-state index is -0.456. The van der Waals surface area contributed by atoms with E-state index in [2.05, 4.69) is 26.1 Å². The van der Waals surface area contributed by atoms with Crippen molar-refractivity contribution in [3.63, 3.8) is 0 Å². The summed E-state index contributed by atoms with van der Waals surface area (Å²) < 4.78 is 0. The standard InChI is InChI=1S/C12H26N2O/c1-8(11(2,3)4)14-10(15)9(13)12(5,6)7/h8-9H,13H2,1-7H3,(H,14,15). The van der Waals surface area contributed by atoms with E-state index in [4.69, 9.17) is 5.73 Å². The first-order valence-corrected chi connectivity index (χ1v) is 5.52. The highest BCUT2D eigenvalue weighted by Crippen LogP contribution is 2.21. The van der Waals surface area contributed by atoms with Gasteiger partial charge in [0.05, 0.1) is 6.04 Å². The van der Waals surface area contributed by atoms with Crippen molar-refractivity contribution in [2.75, 3.05) is 0 Å². The molecule has 1 amide bonds. The number of nitrogens with one attached hydrogen (secondary N) is 1. The predicted octanol–water partition coefficient (Wildman–Crippen LogP) is 1.91. The molecule has 15 heavy (non-hydrogen) atoms. The number of rotatable bonds is 2. The number of hydrogen-bond donors (Lipinski definition) is 2. The third-order valence-corrected chi connectivity index (χ3v) is 2.87. The molecule has 0 saturated carbocycles. The Bertz CT molecular complexity index is 223. The third kappa shape index (κ3) is 4.65. The van der Waals surface area contributed by atoms with E-state index in [0.29, 0.717) is 0 Å². The lowest BCUT2D eigenvalue weighted by molar-refractivity contribution is -0.125. The summed E-state index contributed by atoms with van der Waals surface area (Å²) >= 11 is 0. The van der Waals surface area contributed by atoms with Gasteiger partial charge in [0, 0.05) is 6.04 Å². The molecule has 0 saturated heterocycles. The SMILES string of the molecule is CC(NC(=O)C(N)C(C)(C)C)C(C)(C)C. The summed E-state index contributed by atoms with van der Waals surface area (Å²) in [5.41, 5.74) is 5.74. The maximum absolute atomic E-state index is 11.8. The normalized spacial score (nSPS) is 17.1. The molecule has 0 aliphatic carbocycles. The van der Waals surface area contributed by atoms with Gasteiger partial charge in [0.2, 0.25) is 5.91 Å². The number of nitrogens with two attached hydrogens (primary N) is 1. The first kappa shape index (κ1) is 14.4. The fourth-order valence-electron chi connectivity index (χ4n) is 0.913. The highest BCUT2D eigenvalue weighted by Gasteiger charge is 2.30.